The molecule has 1 heterocycles. The zero-order valence-corrected chi connectivity index (χ0v) is 10.6. The molecule has 3 N–H and O–H groups in total. The number of nitrogens with one attached hydrogen (secondary N) is 1. The van der Waals surface area contributed by atoms with E-state index < -0.39 is 23.3 Å². The highest BCUT2D eigenvalue weighted by molar-refractivity contribution is 7.74. The van der Waals surface area contributed by atoms with E-state index in [0.29, 0.717) is 5.69 Å². The first-order chi connectivity index (χ1) is 9.44. The lowest BCUT2D eigenvalue weighted by atomic mass is 10.2. The summed E-state index contributed by atoms with van der Waals surface area (Å²) in [6.07, 6.45) is 0. The minimum Gasteiger partial charge on any atom is -0.740 e. The van der Waals surface area contributed by atoms with Gasteiger partial charge in [0.25, 0.3) is 0 Å². The van der Waals surface area contributed by atoms with Gasteiger partial charge in [0, 0.05) is 23.5 Å². The van der Waals surface area contributed by atoms with Gasteiger partial charge in [-0.1, -0.05) is 0 Å². The van der Waals surface area contributed by atoms with E-state index in [2.05, 4.69) is 14.5 Å². The lowest BCUT2D eigenvalue weighted by Crippen LogP contribution is -2.02. The maximum atomic E-state index is 12.9. The van der Waals surface area contributed by atoms with Crippen molar-refractivity contribution in [1.82, 2.24) is 4.98 Å². The lowest BCUT2D eigenvalue weighted by Gasteiger charge is -2.12. The number of anilines is 3. The Labute approximate surface area is 115 Å². The van der Waals surface area contributed by atoms with Crippen molar-refractivity contribution in [3.8, 4) is 5.75 Å². The van der Waals surface area contributed by atoms with Crippen LogP contribution in [0.1, 0.15) is 0 Å². The van der Waals surface area contributed by atoms with Crippen molar-refractivity contribution in [2.24, 2.45) is 0 Å². The number of nitrogens with zero attached hydrogens (tertiary/aromatic N) is 1. The van der Waals surface area contributed by atoms with Gasteiger partial charge in [-0.2, -0.15) is 13.8 Å². The molecule has 0 aliphatic heterocycles. The van der Waals surface area contributed by atoms with E-state index in [1.807, 2.05) is 0 Å². The van der Waals surface area contributed by atoms with Crippen LogP contribution in [0.5, 0.6) is 5.75 Å². The third kappa shape index (κ3) is 3.62. The number of hydrogen-bond donors (Lipinski definition) is 2. The molecule has 1 atom stereocenters. The quantitative estimate of drug-likeness (QED) is 0.508. The van der Waals surface area contributed by atoms with Crippen LogP contribution < -0.4 is 15.2 Å². The highest BCUT2D eigenvalue weighted by atomic mass is 32.2. The summed E-state index contributed by atoms with van der Waals surface area (Å²) in [7, 11) is 0. The van der Waals surface area contributed by atoms with Gasteiger partial charge in [0.05, 0.1) is 5.69 Å². The van der Waals surface area contributed by atoms with Gasteiger partial charge < -0.3 is 19.8 Å². The van der Waals surface area contributed by atoms with Gasteiger partial charge in [-0.3, -0.25) is 0 Å². The molecule has 0 bridgehead atoms. The van der Waals surface area contributed by atoms with E-state index in [-0.39, 0.29) is 17.1 Å². The smallest absolute Gasteiger partial charge is 0.217 e. The summed E-state index contributed by atoms with van der Waals surface area (Å²) in [5.74, 6) is -1.99. The molecule has 2 aromatic rings. The number of hydrogen-bond acceptors (Lipinski definition) is 6. The first kappa shape index (κ1) is 14.2. The Balaban J connectivity index is 2.21. The van der Waals surface area contributed by atoms with Crippen LogP contribution in [0.25, 0.3) is 0 Å². The fourth-order valence-corrected chi connectivity index (χ4v) is 1.78. The molecule has 1 unspecified atom stereocenters. The van der Waals surface area contributed by atoms with Gasteiger partial charge in [-0.05, 0) is 18.2 Å². The minimum atomic E-state index is -2.74. The Bertz CT molecular complexity index is 649. The summed E-state index contributed by atoms with van der Waals surface area (Å²) in [5, 5.41) is 2.70. The molecule has 6 nitrogen and oxygen atoms in total. The molecule has 1 aromatic carbocycles. The number of nitrogen functional groups attached to an aromatic ring is 1. The third-order valence-electron chi connectivity index (χ3n) is 2.22. The fraction of sp³-hybridized carbons (Fsp3) is 0. The van der Waals surface area contributed by atoms with E-state index in [1.165, 1.54) is 18.2 Å². The second kappa shape index (κ2) is 5.80. The van der Waals surface area contributed by atoms with Gasteiger partial charge in [-0.15, -0.1) is 0 Å². The molecule has 106 valence electrons. The van der Waals surface area contributed by atoms with E-state index in [1.54, 1.807) is 0 Å². The number of benzene rings is 1. The van der Waals surface area contributed by atoms with Crippen molar-refractivity contribution in [2.75, 3.05) is 11.1 Å². The Kier molecular flexibility index (Phi) is 4.11. The van der Waals surface area contributed by atoms with Crippen molar-refractivity contribution < 1.29 is 21.7 Å². The maximum absolute atomic E-state index is 12.9. The van der Waals surface area contributed by atoms with E-state index in [9.17, 15) is 17.5 Å². The normalized spacial score (nSPS) is 11.9. The van der Waals surface area contributed by atoms with Crippen LogP contribution in [0, 0.1) is 11.9 Å². The van der Waals surface area contributed by atoms with Gasteiger partial charge in [0.1, 0.15) is 11.4 Å². The van der Waals surface area contributed by atoms with Crippen LogP contribution >= 0.6 is 0 Å². The molecule has 2 rings (SSSR count). The van der Waals surface area contributed by atoms with Crippen LogP contribution in [-0.4, -0.2) is 13.7 Å². The van der Waals surface area contributed by atoms with Gasteiger partial charge in [0.2, 0.25) is 11.9 Å². The molecule has 0 aliphatic rings. The predicted octanol–water partition coefficient (Wildman–Crippen LogP) is 1.86. The van der Waals surface area contributed by atoms with E-state index in [0.717, 1.165) is 12.1 Å². The molecule has 0 amide bonds. The molecule has 20 heavy (non-hydrogen) atoms. The maximum Gasteiger partial charge on any atom is 0.217 e. The summed E-state index contributed by atoms with van der Waals surface area (Å²) in [6.45, 7) is 0. The molecule has 0 radical (unpaired) electrons. The lowest BCUT2D eigenvalue weighted by molar-refractivity contribution is 0.441. The Hall–Kier alpha value is -2.26. The Morgan fingerprint density at radius 2 is 1.85 bits per heavy atom. The van der Waals surface area contributed by atoms with Crippen LogP contribution in [0.15, 0.2) is 30.3 Å². The van der Waals surface area contributed by atoms with Crippen molar-refractivity contribution in [1.29, 1.82) is 0 Å². The first-order valence-corrected chi connectivity index (χ1v) is 6.21. The monoisotopic (exact) mass is 300 g/mol. The number of nitrogens with two attached hydrogens (primary N) is 1. The molecule has 0 saturated heterocycles. The number of halogens is 2. The predicted molar refractivity (Wildman–Crippen MR) is 67.8 cm³/mol. The van der Waals surface area contributed by atoms with Gasteiger partial charge in [0.15, 0.2) is 5.75 Å². The average molecular weight is 300 g/mol. The second-order valence-corrected chi connectivity index (χ2v) is 4.24. The average Bonchev–Trinajstić information content (AvgIpc) is 2.31. The highest BCUT2D eigenvalue weighted by Gasteiger charge is 2.05. The fourth-order valence-electron chi connectivity index (χ4n) is 1.48. The van der Waals surface area contributed by atoms with Gasteiger partial charge >= 0.3 is 0 Å². The number of rotatable bonds is 4. The molecular formula is C11H8F2N3O3S-. The Morgan fingerprint density at radius 1 is 1.20 bits per heavy atom. The molecule has 1 aromatic heterocycles. The molecular weight excluding hydrogens is 292 g/mol. The van der Waals surface area contributed by atoms with Gasteiger partial charge in [-0.25, -0.2) is 4.21 Å². The SMILES string of the molecule is Nc1cc(Nc2cc(F)nc(F)c2)ccc1OS(=O)[O-]. The molecule has 9 heteroatoms. The highest BCUT2D eigenvalue weighted by Crippen LogP contribution is 2.27. The van der Waals surface area contributed by atoms with Crippen molar-refractivity contribution >= 4 is 28.4 Å². The topological polar surface area (TPSA) is 100 Å². The Morgan fingerprint density at radius 3 is 2.40 bits per heavy atom. The standard InChI is InChI=1S/C11H9F2N3O3S/c12-10-4-7(5-11(13)16-10)15-6-1-2-9(8(14)3-6)19-20(17)18/h1-5H,14H2,(H,15,16)(H,17,18)/p-1. The zero-order chi connectivity index (χ0) is 14.7. The van der Waals surface area contributed by atoms with Crippen molar-refractivity contribution in [3.63, 3.8) is 0 Å². The summed E-state index contributed by atoms with van der Waals surface area (Å²) in [5.41, 5.74) is 6.17. The summed E-state index contributed by atoms with van der Waals surface area (Å²) in [4.78, 5) is 2.95. The molecule has 0 aliphatic carbocycles. The molecule has 0 saturated carbocycles. The van der Waals surface area contributed by atoms with E-state index in [4.69, 9.17) is 5.73 Å². The van der Waals surface area contributed by atoms with Crippen LogP contribution in [0.3, 0.4) is 0 Å². The zero-order valence-electron chi connectivity index (χ0n) is 9.80. The third-order valence-corrected chi connectivity index (χ3v) is 2.53. The second-order valence-electron chi connectivity index (χ2n) is 3.67. The van der Waals surface area contributed by atoms with Crippen molar-refractivity contribution in [2.45, 2.75) is 0 Å². The van der Waals surface area contributed by atoms with Crippen LogP contribution in [-0.2, 0) is 11.4 Å². The summed E-state index contributed by atoms with van der Waals surface area (Å²) >= 11 is -2.74. The summed E-state index contributed by atoms with van der Waals surface area (Å²) < 4.78 is 51.0. The van der Waals surface area contributed by atoms with Crippen molar-refractivity contribution in [3.05, 3.63) is 42.2 Å². The van der Waals surface area contributed by atoms with Crippen LogP contribution in [0.2, 0.25) is 0 Å². The number of pyridine rings is 1. The number of aromatic nitrogens is 1. The largest absolute Gasteiger partial charge is 0.740 e. The van der Waals surface area contributed by atoms with Crippen LogP contribution in [0.4, 0.5) is 25.8 Å². The molecule has 0 fully saturated rings. The first-order valence-electron chi connectivity index (χ1n) is 5.21. The summed E-state index contributed by atoms with van der Waals surface area (Å²) in [6, 6.07) is 6.10. The molecule has 0 spiro atoms. The minimum absolute atomic E-state index is 0.0454. The van der Waals surface area contributed by atoms with E-state index >= 15 is 0 Å².